The van der Waals surface area contributed by atoms with Gasteiger partial charge in [-0.25, -0.2) is 0 Å². The van der Waals surface area contributed by atoms with E-state index >= 15 is 0 Å². The topological polar surface area (TPSA) is 9.23 Å². The van der Waals surface area contributed by atoms with Crippen molar-refractivity contribution < 1.29 is 20.3 Å². The van der Waals surface area contributed by atoms with Gasteiger partial charge < -0.3 is 4.74 Å². The van der Waals surface area contributed by atoms with Crippen LogP contribution in [-0.2, 0) is 15.6 Å². The molecule has 0 aliphatic carbocycles. The normalized spacial score (nSPS) is 7.73. The van der Waals surface area contributed by atoms with Gasteiger partial charge in [-0.15, -0.1) is 6.07 Å². The maximum absolute atomic E-state index is 4.98. The van der Waals surface area contributed by atoms with Gasteiger partial charge in [0.2, 0.25) is 0 Å². The van der Waals surface area contributed by atoms with E-state index in [0.717, 1.165) is 11.3 Å². The molecule has 61 valence electrons. The monoisotopic (exact) mass is 190 g/mol. The Balaban J connectivity index is 0.000000461. The van der Waals surface area contributed by atoms with Crippen LogP contribution in [0.5, 0.6) is 5.75 Å². The van der Waals surface area contributed by atoms with E-state index < -0.39 is 0 Å². The molecule has 0 radical (unpaired) electrons. The molecule has 0 unspecified atom stereocenters. The van der Waals surface area contributed by atoms with Crippen molar-refractivity contribution >= 4 is 5.42 Å². The summed E-state index contributed by atoms with van der Waals surface area (Å²) in [6.45, 7) is 3.77. The molecule has 1 aromatic rings. The van der Waals surface area contributed by atoms with E-state index in [4.69, 9.17) is 4.74 Å². The summed E-state index contributed by atoms with van der Waals surface area (Å²) < 4.78 is 4.98. The van der Waals surface area contributed by atoms with Gasteiger partial charge in [0.05, 0.1) is 7.11 Å². The third kappa shape index (κ3) is 3.26. The van der Waals surface area contributed by atoms with E-state index in [1.54, 1.807) is 7.11 Å². The zero-order valence-electron chi connectivity index (χ0n) is 6.51. The molecule has 11 heavy (non-hydrogen) atoms. The molecular formula is C9H11MnO-. The predicted molar refractivity (Wildman–Crippen MR) is 44.6 cm³/mol. The van der Waals surface area contributed by atoms with Gasteiger partial charge in [-0.1, -0.05) is 12.1 Å². The molecule has 1 nitrogen and oxygen atoms in total. The minimum atomic E-state index is 0.845. The molecule has 0 N–H and O–H groups in total. The zero-order valence-corrected chi connectivity index (χ0v) is 7.69. The molecular weight excluding hydrogens is 179 g/mol. The standard InChI is InChI=1S/C8H9O.CH2.Mn/c1-7-5-3-4-6-8(7)9-2;;/h3-6H,1H2,2H3;1H2;/q-1;;. The fourth-order valence-corrected chi connectivity index (χ4v) is 0.703. The van der Waals surface area contributed by atoms with Crippen molar-refractivity contribution in [1.29, 1.82) is 0 Å². The molecule has 0 aliphatic rings. The van der Waals surface area contributed by atoms with Crippen LogP contribution in [0.2, 0.25) is 0 Å². The number of para-hydroxylation sites is 1. The Morgan fingerprint density at radius 2 is 1.91 bits per heavy atom. The third-order valence-electron chi connectivity index (χ3n) is 1.19. The second-order valence-corrected chi connectivity index (χ2v) is 1.81. The zero-order chi connectivity index (χ0) is 8.69. The van der Waals surface area contributed by atoms with Crippen molar-refractivity contribution in [2.45, 2.75) is 0 Å². The molecule has 0 fully saturated rings. The first-order valence-corrected chi connectivity index (χ1v) is 3.90. The molecule has 0 bridgehead atoms. The number of hydrogen-bond donors (Lipinski definition) is 0. The van der Waals surface area contributed by atoms with Crippen molar-refractivity contribution in [2.24, 2.45) is 0 Å². The first-order valence-electron chi connectivity index (χ1n) is 3.06. The summed E-state index contributed by atoms with van der Waals surface area (Å²) in [6, 6.07) is 7.67. The van der Waals surface area contributed by atoms with Gasteiger partial charge in [0.25, 0.3) is 0 Å². The Bertz CT molecular complexity index is 210. The molecule has 1 aromatic carbocycles. The maximum atomic E-state index is 4.98. The van der Waals surface area contributed by atoms with Crippen LogP contribution in [0, 0.1) is 6.92 Å². The van der Waals surface area contributed by atoms with Crippen LogP contribution in [0.3, 0.4) is 0 Å². The van der Waals surface area contributed by atoms with Crippen LogP contribution >= 0.6 is 0 Å². The predicted octanol–water partition coefficient (Wildman–Crippen LogP) is 1.84. The molecule has 2 heteroatoms. The third-order valence-corrected chi connectivity index (χ3v) is 1.19. The first kappa shape index (κ1) is 10.3. The molecule has 0 aromatic heterocycles. The summed E-state index contributed by atoms with van der Waals surface area (Å²) in [5.74, 6) is 0.845. The number of hydrogen-bond acceptors (Lipinski definition) is 1. The molecule has 0 aliphatic heterocycles. The summed E-state index contributed by atoms with van der Waals surface area (Å²) in [5.41, 5.74) is 3.99. The van der Waals surface area contributed by atoms with Crippen molar-refractivity contribution in [2.75, 3.05) is 7.11 Å². The van der Waals surface area contributed by atoms with Crippen LogP contribution in [0.1, 0.15) is 5.56 Å². The van der Waals surface area contributed by atoms with Crippen molar-refractivity contribution in [3.05, 3.63) is 36.8 Å². The summed E-state index contributed by atoms with van der Waals surface area (Å²) >= 11 is 2.69. The van der Waals surface area contributed by atoms with Gasteiger partial charge >= 0.3 is 21.0 Å². The Morgan fingerprint density at radius 1 is 1.36 bits per heavy atom. The summed E-state index contributed by atoms with van der Waals surface area (Å²) in [7, 11) is 1.64. The minimum absolute atomic E-state index is 0.845. The molecule has 0 saturated carbocycles. The van der Waals surface area contributed by atoms with E-state index in [9.17, 15) is 0 Å². The van der Waals surface area contributed by atoms with Crippen LogP contribution in [0.15, 0.2) is 24.3 Å². The van der Waals surface area contributed by atoms with Gasteiger partial charge in [-0.3, -0.25) is 0 Å². The van der Waals surface area contributed by atoms with E-state index in [2.05, 4.69) is 27.9 Å². The first-order chi connectivity index (χ1) is 5.34. The van der Waals surface area contributed by atoms with Gasteiger partial charge in [0.15, 0.2) is 0 Å². The fraction of sp³-hybridized carbons (Fsp3) is 0.111. The number of ether oxygens (including phenoxy) is 1. The summed E-state index contributed by atoms with van der Waals surface area (Å²) in [4.78, 5) is 0. The van der Waals surface area contributed by atoms with Gasteiger partial charge in [0, 0.05) is 5.75 Å². The van der Waals surface area contributed by atoms with Crippen molar-refractivity contribution in [1.82, 2.24) is 0 Å². The molecule has 0 atom stereocenters. The van der Waals surface area contributed by atoms with Gasteiger partial charge in [-0.05, 0) is 0 Å². The van der Waals surface area contributed by atoms with Crippen LogP contribution in [0.25, 0.3) is 0 Å². The van der Waals surface area contributed by atoms with Crippen molar-refractivity contribution in [3.8, 4) is 5.75 Å². The van der Waals surface area contributed by atoms with E-state index in [-0.39, 0.29) is 0 Å². The molecule has 0 saturated heterocycles. The second-order valence-electron chi connectivity index (χ2n) is 1.81. The van der Waals surface area contributed by atoms with Crippen molar-refractivity contribution in [3.63, 3.8) is 0 Å². The quantitative estimate of drug-likeness (QED) is 0.485. The number of methoxy groups -OCH3 is 1. The molecule has 0 heterocycles. The van der Waals surface area contributed by atoms with Crippen LogP contribution in [-0.4, -0.2) is 12.5 Å². The Labute approximate surface area is 75.7 Å². The number of rotatable bonds is 1. The van der Waals surface area contributed by atoms with Gasteiger partial charge in [0.1, 0.15) is 0 Å². The number of benzene rings is 1. The summed E-state index contributed by atoms with van der Waals surface area (Å²) in [5, 5.41) is 0. The Hall–Kier alpha value is -0.721. The molecule has 1 rings (SSSR count). The molecule has 0 spiro atoms. The van der Waals surface area contributed by atoms with Gasteiger partial charge in [-0.2, -0.15) is 18.6 Å². The SMILES string of the molecule is [CH2-]c1ccccc1OC.[CH2]=[Mn]. The Morgan fingerprint density at radius 3 is 2.27 bits per heavy atom. The van der Waals surface area contributed by atoms with E-state index in [0.29, 0.717) is 0 Å². The van der Waals surface area contributed by atoms with E-state index in [1.807, 2.05) is 24.3 Å². The second kappa shape index (κ2) is 6.02. The Kier molecular flexibility index (Phi) is 5.63. The molecule has 0 amide bonds. The fourth-order valence-electron chi connectivity index (χ4n) is 0.703. The van der Waals surface area contributed by atoms with Crippen LogP contribution in [0.4, 0.5) is 0 Å². The average molecular weight is 190 g/mol. The summed E-state index contributed by atoms with van der Waals surface area (Å²) in [6.07, 6.45) is 0. The van der Waals surface area contributed by atoms with E-state index in [1.165, 1.54) is 0 Å². The average Bonchev–Trinajstić information content (AvgIpc) is 2.09. The van der Waals surface area contributed by atoms with Crippen LogP contribution < -0.4 is 4.74 Å².